The summed E-state index contributed by atoms with van der Waals surface area (Å²) in [7, 11) is 0. The van der Waals surface area contributed by atoms with Gasteiger partial charge in [-0.25, -0.2) is 9.29 Å². The first-order valence-electron chi connectivity index (χ1n) is 11.4. The number of nitrogens with zero attached hydrogens (tertiary/aromatic N) is 2. The Morgan fingerprint density at radius 2 is 1.63 bits per heavy atom. The van der Waals surface area contributed by atoms with Crippen LogP contribution in [0.3, 0.4) is 0 Å². The zero-order valence-electron chi connectivity index (χ0n) is 18.7. The van der Waals surface area contributed by atoms with Gasteiger partial charge in [-0.3, -0.25) is 19.7 Å². The highest BCUT2D eigenvalue weighted by atomic mass is 35.5. The van der Waals surface area contributed by atoms with E-state index in [0.717, 1.165) is 5.56 Å². The third-order valence-corrected chi connectivity index (χ3v) is 7.60. The molecule has 3 amide bonds. The topological polar surface area (TPSA) is 69.7 Å². The SMILES string of the molecule is C[C@@H]1N[C@]2(C(=O)N(Cc3ccc(F)cc3)c3ccccc32)[C@@H]2C(=O)N(c3ccc(Cl)cc3)C(=O)[C@H]12. The van der Waals surface area contributed by atoms with Crippen LogP contribution in [0.5, 0.6) is 0 Å². The van der Waals surface area contributed by atoms with Crippen LogP contribution in [0.1, 0.15) is 18.1 Å². The van der Waals surface area contributed by atoms with Crippen molar-refractivity contribution >= 4 is 40.7 Å². The van der Waals surface area contributed by atoms with Gasteiger partial charge in [0.25, 0.3) is 5.91 Å². The van der Waals surface area contributed by atoms with Gasteiger partial charge in [0.05, 0.1) is 24.1 Å². The van der Waals surface area contributed by atoms with Crippen molar-refractivity contribution in [2.45, 2.75) is 25.0 Å². The second-order valence-electron chi connectivity index (χ2n) is 9.27. The van der Waals surface area contributed by atoms with E-state index in [2.05, 4.69) is 5.32 Å². The second-order valence-corrected chi connectivity index (χ2v) is 9.70. The first-order valence-corrected chi connectivity index (χ1v) is 11.8. The second kappa shape index (κ2) is 7.73. The lowest BCUT2D eigenvalue weighted by Crippen LogP contribution is -2.54. The number of benzene rings is 3. The van der Waals surface area contributed by atoms with E-state index in [0.29, 0.717) is 22.0 Å². The van der Waals surface area contributed by atoms with Crippen molar-refractivity contribution in [2.75, 3.05) is 9.80 Å². The van der Waals surface area contributed by atoms with Crippen LogP contribution in [-0.2, 0) is 26.5 Å². The normalized spacial score (nSPS) is 27.2. The number of carbonyl (C=O) groups is 3. The third kappa shape index (κ3) is 3.01. The van der Waals surface area contributed by atoms with E-state index in [1.807, 2.05) is 31.2 Å². The smallest absolute Gasteiger partial charge is 0.253 e. The Morgan fingerprint density at radius 1 is 0.943 bits per heavy atom. The number of hydrogen-bond donors (Lipinski definition) is 1. The minimum Gasteiger partial charge on any atom is -0.306 e. The zero-order valence-corrected chi connectivity index (χ0v) is 19.5. The molecule has 1 N–H and O–H groups in total. The van der Waals surface area contributed by atoms with Crippen LogP contribution in [0.15, 0.2) is 72.8 Å². The molecule has 0 bridgehead atoms. The van der Waals surface area contributed by atoms with Crippen molar-refractivity contribution in [1.82, 2.24) is 5.32 Å². The molecular weight excluding hydrogens is 469 g/mol. The molecule has 35 heavy (non-hydrogen) atoms. The van der Waals surface area contributed by atoms with Crippen molar-refractivity contribution in [1.29, 1.82) is 0 Å². The lowest BCUT2D eigenvalue weighted by molar-refractivity contribution is -0.132. The first kappa shape index (κ1) is 21.9. The predicted molar refractivity (Wildman–Crippen MR) is 129 cm³/mol. The van der Waals surface area contributed by atoms with Gasteiger partial charge in [-0.1, -0.05) is 41.9 Å². The molecule has 3 aromatic carbocycles. The van der Waals surface area contributed by atoms with Gasteiger partial charge in [-0.15, -0.1) is 0 Å². The molecule has 0 aliphatic carbocycles. The van der Waals surface area contributed by atoms with Crippen LogP contribution in [0.2, 0.25) is 5.02 Å². The molecule has 0 unspecified atom stereocenters. The summed E-state index contributed by atoms with van der Waals surface area (Å²) in [5.74, 6) is -2.98. The molecule has 8 heteroatoms. The molecule has 3 aliphatic heterocycles. The fourth-order valence-corrected chi connectivity index (χ4v) is 6.01. The third-order valence-electron chi connectivity index (χ3n) is 7.35. The fraction of sp³-hybridized carbons (Fsp3) is 0.222. The van der Waals surface area contributed by atoms with Crippen molar-refractivity contribution < 1.29 is 18.8 Å². The van der Waals surface area contributed by atoms with Crippen molar-refractivity contribution in [3.8, 4) is 0 Å². The molecule has 3 aliphatic rings. The standard InChI is InChI=1S/C27H21ClFN3O3/c1-15-22-23(25(34)32(24(22)33)19-12-8-17(28)9-13-19)27(30-15)20-4-2-3-5-21(20)31(26(27)35)14-16-6-10-18(29)11-7-16/h2-13,15,22-23,30H,14H2,1H3/t15-,22+,23-,27-/m0/s1. The summed E-state index contributed by atoms with van der Waals surface area (Å²) < 4.78 is 13.5. The van der Waals surface area contributed by atoms with E-state index in [1.54, 1.807) is 41.3 Å². The summed E-state index contributed by atoms with van der Waals surface area (Å²) in [4.78, 5) is 44.4. The maximum Gasteiger partial charge on any atom is 0.253 e. The number of hydrogen-bond acceptors (Lipinski definition) is 4. The van der Waals surface area contributed by atoms with E-state index in [9.17, 15) is 18.8 Å². The van der Waals surface area contributed by atoms with Gasteiger partial charge in [0.1, 0.15) is 11.4 Å². The summed E-state index contributed by atoms with van der Waals surface area (Å²) in [5.41, 5.74) is 1.17. The lowest BCUT2D eigenvalue weighted by atomic mass is 9.76. The minimum atomic E-state index is -1.37. The summed E-state index contributed by atoms with van der Waals surface area (Å²) in [6.45, 7) is 2.05. The average Bonchev–Trinajstić information content (AvgIpc) is 3.40. The van der Waals surface area contributed by atoms with Gasteiger partial charge in [-0.05, 0) is 55.0 Å². The van der Waals surface area contributed by atoms with Crippen LogP contribution < -0.4 is 15.1 Å². The van der Waals surface area contributed by atoms with Gasteiger partial charge in [-0.2, -0.15) is 0 Å². The summed E-state index contributed by atoms with van der Waals surface area (Å²) in [5, 5.41) is 3.86. The van der Waals surface area contributed by atoms with Crippen LogP contribution >= 0.6 is 11.6 Å². The zero-order chi connectivity index (χ0) is 24.5. The van der Waals surface area contributed by atoms with Crippen LogP contribution in [0.25, 0.3) is 0 Å². The largest absolute Gasteiger partial charge is 0.306 e. The molecule has 2 saturated heterocycles. The number of rotatable bonds is 3. The van der Waals surface area contributed by atoms with E-state index in [1.165, 1.54) is 17.0 Å². The lowest BCUT2D eigenvalue weighted by Gasteiger charge is -2.30. The Hall–Kier alpha value is -3.55. The number of anilines is 2. The van der Waals surface area contributed by atoms with Crippen molar-refractivity contribution in [3.63, 3.8) is 0 Å². The molecule has 4 atom stereocenters. The van der Waals surface area contributed by atoms with E-state index in [4.69, 9.17) is 11.6 Å². The number of nitrogens with one attached hydrogen (secondary N) is 1. The van der Waals surface area contributed by atoms with Crippen molar-refractivity contribution in [2.24, 2.45) is 11.8 Å². The first-order chi connectivity index (χ1) is 16.8. The minimum absolute atomic E-state index is 0.217. The highest BCUT2D eigenvalue weighted by molar-refractivity contribution is 6.31. The van der Waals surface area contributed by atoms with Gasteiger partial charge in [0, 0.05) is 22.3 Å². The Morgan fingerprint density at radius 3 is 2.34 bits per heavy atom. The van der Waals surface area contributed by atoms with Gasteiger partial charge >= 0.3 is 0 Å². The number of halogens is 2. The monoisotopic (exact) mass is 489 g/mol. The number of imide groups is 1. The van der Waals surface area contributed by atoms with Crippen molar-refractivity contribution in [3.05, 3.63) is 94.8 Å². The molecule has 0 aromatic heterocycles. The molecule has 0 saturated carbocycles. The summed E-state index contributed by atoms with van der Waals surface area (Å²) in [6.07, 6.45) is 0. The molecule has 3 aromatic rings. The van der Waals surface area contributed by atoms with Gasteiger partial charge < -0.3 is 4.90 Å². The van der Waals surface area contributed by atoms with E-state index in [-0.39, 0.29) is 24.2 Å². The van der Waals surface area contributed by atoms with Crippen LogP contribution in [-0.4, -0.2) is 23.8 Å². The molecule has 6 nitrogen and oxygen atoms in total. The molecular formula is C27H21ClFN3O3. The van der Waals surface area contributed by atoms with Crippen LogP contribution in [0, 0.1) is 17.7 Å². The molecule has 0 radical (unpaired) electrons. The Bertz CT molecular complexity index is 1380. The fourth-order valence-electron chi connectivity index (χ4n) is 5.88. The Labute approximate surface area is 206 Å². The maximum atomic E-state index is 14.2. The van der Waals surface area contributed by atoms with Gasteiger partial charge in [0.15, 0.2) is 0 Å². The highest BCUT2D eigenvalue weighted by Crippen LogP contribution is 2.55. The molecule has 6 rings (SSSR count). The maximum absolute atomic E-state index is 14.2. The van der Waals surface area contributed by atoms with E-state index < -0.39 is 29.3 Å². The summed E-state index contributed by atoms with van der Waals surface area (Å²) in [6, 6.07) is 19.4. The Kier molecular flexibility index (Phi) is 4.85. The van der Waals surface area contributed by atoms with E-state index >= 15 is 0 Å². The molecule has 2 fully saturated rings. The molecule has 1 spiro atoms. The molecule has 3 heterocycles. The number of fused-ring (bicyclic) bond motifs is 4. The quantitative estimate of drug-likeness (QED) is 0.564. The molecule has 176 valence electrons. The van der Waals surface area contributed by atoms with Gasteiger partial charge in [0.2, 0.25) is 11.8 Å². The highest BCUT2D eigenvalue weighted by Gasteiger charge is 2.71. The Balaban J connectivity index is 1.45. The number of carbonyl (C=O) groups excluding carboxylic acids is 3. The number of para-hydroxylation sites is 1. The average molecular weight is 490 g/mol. The summed E-state index contributed by atoms with van der Waals surface area (Å²) >= 11 is 6.01. The van der Waals surface area contributed by atoms with Crippen LogP contribution in [0.4, 0.5) is 15.8 Å². The predicted octanol–water partition coefficient (Wildman–Crippen LogP) is 4.02. The number of amides is 3.